The van der Waals surface area contributed by atoms with Crippen molar-refractivity contribution in [3.05, 3.63) is 28.8 Å². The van der Waals surface area contributed by atoms with Crippen molar-refractivity contribution in [2.75, 3.05) is 6.61 Å². The summed E-state index contributed by atoms with van der Waals surface area (Å²) in [5.74, 6) is -1.43. The molecule has 0 saturated heterocycles. The molecule has 2 rings (SSSR count). The maximum absolute atomic E-state index is 11.7. The van der Waals surface area contributed by atoms with Crippen molar-refractivity contribution in [2.24, 2.45) is 5.92 Å². The van der Waals surface area contributed by atoms with Crippen LogP contribution in [0.5, 0.6) is 5.75 Å². The molecule has 102 valence electrons. The molecule has 19 heavy (non-hydrogen) atoms. The van der Waals surface area contributed by atoms with Crippen LogP contribution in [-0.2, 0) is 4.79 Å². The summed E-state index contributed by atoms with van der Waals surface area (Å²) in [7, 11) is 0. The topological polar surface area (TPSA) is 63.6 Å². The van der Waals surface area contributed by atoms with Gasteiger partial charge in [0.25, 0.3) is 5.78 Å². The lowest BCUT2D eigenvalue weighted by molar-refractivity contribution is -0.131. The standard InChI is InChI=1S/C15H18O4/c1-9-6-12(14(16)15(17)18)13(7-10(9)2)19-8-11-4-3-5-11/h6-7,11H,3-5,8H2,1-2H3,(H,17,18). The maximum Gasteiger partial charge on any atom is 0.377 e. The van der Waals surface area contributed by atoms with Crippen molar-refractivity contribution < 1.29 is 19.4 Å². The molecular weight excluding hydrogens is 244 g/mol. The average molecular weight is 262 g/mol. The summed E-state index contributed by atoms with van der Waals surface area (Å²) in [4.78, 5) is 22.5. The number of ether oxygens (including phenoxy) is 1. The van der Waals surface area contributed by atoms with Gasteiger partial charge in [-0.25, -0.2) is 4.79 Å². The van der Waals surface area contributed by atoms with Crippen LogP contribution in [0, 0.1) is 19.8 Å². The smallest absolute Gasteiger partial charge is 0.377 e. The van der Waals surface area contributed by atoms with E-state index in [4.69, 9.17) is 9.84 Å². The van der Waals surface area contributed by atoms with Crippen molar-refractivity contribution in [3.8, 4) is 5.75 Å². The molecule has 0 amide bonds. The zero-order chi connectivity index (χ0) is 14.0. The van der Waals surface area contributed by atoms with Gasteiger partial charge in [0, 0.05) is 0 Å². The van der Waals surface area contributed by atoms with E-state index in [0.29, 0.717) is 18.3 Å². The van der Waals surface area contributed by atoms with Crippen molar-refractivity contribution in [3.63, 3.8) is 0 Å². The Kier molecular flexibility index (Phi) is 3.88. The molecule has 0 aromatic heterocycles. The molecule has 0 aliphatic heterocycles. The first-order valence-electron chi connectivity index (χ1n) is 6.50. The Labute approximate surface area is 112 Å². The van der Waals surface area contributed by atoms with E-state index in [-0.39, 0.29) is 5.56 Å². The highest BCUT2D eigenvalue weighted by Crippen LogP contribution is 2.29. The molecule has 0 atom stereocenters. The Balaban J connectivity index is 2.25. The summed E-state index contributed by atoms with van der Waals surface area (Å²) in [6.07, 6.45) is 3.52. The van der Waals surface area contributed by atoms with Gasteiger partial charge >= 0.3 is 5.97 Å². The molecule has 0 unspecified atom stereocenters. The van der Waals surface area contributed by atoms with Gasteiger partial charge in [0.1, 0.15) is 5.75 Å². The normalized spacial score (nSPS) is 14.8. The summed E-state index contributed by atoms with van der Waals surface area (Å²) < 4.78 is 5.66. The van der Waals surface area contributed by atoms with Crippen LogP contribution in [0.2, 0.25) is 0 Å². The Hall–Kier alpha value is -1.84. The van der Waals surface area contributed by atoms with Gasteiger partial charge in [0.15, 0.2) is 0 Å². The summed E-state index contributed by atoms with van der Waals surface area (Å²) in [6.45, 7) is 4.33. The van der Waals surface area contributed by atoms with Gasteiger partial charge < -0.3 is 9.84 Å². The number of Topliss-reactive ketones (excluding diaryl/α,β-unsaturated/α-hetero) is 1. The van der Waals surface area contributed by atoms with Crippen LogP contribution in [0.3, 0.4) is 0 Å². The van der Waals surface area contributed by atoms with E-state index in [9.17, 15) is 9.59 Å². The predicted octanol–water partition coefficient (Wildman–Crippen LogP) is 2.75. The molecule has 0 heterocycles. The number of aryl methyl sites for hydroxylation is 2. The van der Waals surface area contributed by atoms with Crippen LogP contribution in [0.1, 0.15) is 40.7 Å². The fourth-order valence-electron chi connectivity index (χ4n) is 2.07. The second-order valence-electron chi connectivity index (χ2n) is 5.17. The Morgan fingerprint density at radius 2 is 1.89 bits per heavy atom. The number of aliphatic carboxylic acids is 1. The van der Waals surface area contributed by atoms with Gasteiger partial charge in [-0.15, -0.1) is 0 Å². The fourth-order valence-corrected chi connectivity index (χ4v) is 2.07. The van der Waals surface area contributed by atoms with Crippen LogP contribution < -0.4 is 4.74 Å². The molecule has 1 aliphatic rings. The highest BCUT2D eigenvalue weighted by Gasteiger charge is 2.23. The van der Waals surface area contributed by atoms with Crippen LogP contribution in [0.4, 0.5) is 0 Å². The van der Waals surface area contributed by atoms with Crippen LogP contribution in [0.25, 0.3) is 0 Å². The molecule has 1 aromatic rings. The first-order valence-corrected chi connectivity index (χ1v) is 6.50. The number of benzene rings is 1. The van der Waals surface area contributed by atoms with Gasteiger partial charge in [0.05, 0.1) is 12.2 Å². The number of hydrogen-bond acceptors (Lipinski definition) is 3. The molecule has 1 N–H and O–H groups in total. The Bertz CT molecular complexity index is 515. The van der Waals surface area contributed by atoms with E-state index in [0.717, 1.165) is 24.0 Å². The quantitative estimate of drug-likeness (QED) is 0.654. The van der Waals surface area contributed by atoms with Gasteiger partial charge in [-0.05, 0) is 55.9 Å². The summed E-state index contributed by atoms with van der Waals surface area (Å²) in [5.41, 5.74) is 2.03. The lowest BCUT2D eigenvalue weighted by Crippen LogP contribution is -2.21. The van der Waals surface area contributed by atoms with E-state index in [1.165, 1.54) is 6.42 Å². The van der Waals surface area contributed by atoms with Crippen LogP contribution in [0.15, 0.2) is 12.1 Å². The molecule has 1 saturated carbocycles. The number of carbonyl (C=O) groups is 2. The van der Waals surface area contributed by atoms with Gasteiger partial charge in [-0.3, -0.25) is 4.79 Å². The minimum atomic E-state index is -1.45. The number of rotatable bonds is 5. The van der Waals surface area contributed by atoms with Gasteiger partial charge in [0.2, 0.25) is 0 Å². The highest BCUT2D eigenvalue weighted by molar-refractivity contribution is 6.40. The van der Waals surface area contributed by atoms with Crippen molar-refractivity contribution in [1.29, 1.82) is 0 Å². The molecule has 0 bridgehead atoms. The summed E-state index contributed by atoms with van der Waals surface area (Å²) >= 11 is 0. The molecular formula is C15H18O4. The first-order chi connectivity index (χ1) is 8.99. The number of carboxylic acids is 1. The molecule has 4 nitrogen and oxygen atoms in total. The van der Waals surface area contributed by atoms with E-state index < -0.39 is 11.8 Å². The van der Waals surface area contributed by atoms with E-state index in [2.05, 4.69) is 0 Å². The van der Waals surface area contributed by atoms with Crippen molar-refractivity contribution in [2.45, 2.75) is 33.1 Å². The number of carboxylic acid groups (broad SMARTS) is 1. The maximum atomic E-state index is 11.7. The van der Waals surface area contributed by atoms with Gasteiger partial charge in [-0.2, -0.15) is 0 Å². The minimum Gasteiger partial charge on any atom is -0.493 e. The second-order valence-corrected chi connectivity index (χ2v) is 5.17. The van der Waals surface area contributed by atoms with Crippen LogP contribution in [-0.4, -0.2) is 23.5 Å². The van der Waals surface area contributed by atoms with E-state index in [1.807, 2.05) is 13.8 Å². The first kappa shape index (κ1) is 13.6. The number of ketones is 1. The Morgan fingerprint density at radius 1 is 1.26 bits per heavy atom. The summed E-state index contributed by atoms with van der Waals surface area (Å²) in [5, 5.41) is 8.85. The van der Waals surface area contributed by atoms with Crippen molar-refractivity contribution >= 4 is 11.8 Å². The highest BCUT2D eigenvalue weighted by atomic mass is 16.5. The van der Waals surface area contributed by atoms with Crippen LogP contribution >= 0.6 is 0 Å². The predicted molar refractivity (Wildman–Crippen MR) is 70.7 cm³/mol. The SMILES string of the molecule is Cc1cc(OCC2CCC2)c(C(=O)C(=O)O)cc1C. The fraction of sp³-hybridized carbons (Fsp3) is 0.467. The molecule has 1 aliphatic carbocycles. The third-order valence-corrected chi connectivity index (χ3v) is 3.73. The van der Waals surface area contributed by atoms with Gasteiger partial charge in [-0.1, -0.05) is 6.42 Å². The monoisotopic (exact) mass is 262 g/mol. The lowest BCUT2D eigenvalue weighted by Gasteiger charge is -2.25. The third-order valence-electron chi connectivity index (χ3n) is 3.73. The molecule has 0 spiro atoms. The second kappa shape index (κ2) is 5.43. The molecule has 1 fully saturated rings. The zero-order valence-corrected chi connectivity index (χ0v) is 11.2. The summed E-state index contributed by atoms with van der Waals surface area (Å²) in [6, 6.07) is 3.35. The van der Waals surface area contributed by atoms with E-state index >= 15 is 0 Å². The average Bonchev–Trinajstić information content (AvgIpc) is 2.30. The molecule has 0 radical (unpaired) electrons. The number of hydrogen-bond donors (Lipinski definition) is 1. The molecule has 1 aromatic carbocycles. The minimum absolute atomic E-state index is 0.148. The zero-order valence-electron chi connectivity index (χ0n) is 11.2. The number of carbonyl (C=O) groups excluding carboxylic acids is 1. The van der Waals surface area contributed by atoms with Crippen molar-refractivity contribution in [1.82, 2.24) is 0 Å². The Morgan fingerprint density at radius 3 is 2.42 bits per heavy atom. The lowest BCUT2D eigenvalue weighted by atomic mass is 9.86. The third kappa shape index (κ3) is 2.95. The van der Waals surface area contributed by atoms with E-state index in [1.54, 1.807) is 12.1 Å². The largest absolute Gasteiger partial charge is 0.493 e. The molecule has 4 heteroatoms.